The number of rotatable bonds is 1. The summed E-state index contributed by atoms with van der Waals surface area (Å²) in [6.45, 7) is 1.93. The lowest BCUT2D eigenvalue weighted by Crippen LogP contribution is -1.91. The topological polar surface area (TPSA) is 64.7 Å². The van der Waals surface area contributed by atoms with Crippen LogP contribution in [0.2, 0.25) is 5.28 Å². The van der Waals surface area contributed by atoms with Crippen molar-refractivity contribution in [3.63, 3.8) is 0 Å². The zero-order valence-corrected chi connectivity index (χ0v) is 9.64. The van der Waals surface area contributed by atoms with Gasteiger partial charge in [-0.05, 0) is 46.5 Å². The summed E-state index contributed by atoms with van der Waals surface area (Å²) in [6, 6.07) is 5.59. The van der Waals surface area contributed by atoms with Gasteiger partial charge in [0.1, 0.15) is 11.0 Å². The Morgan fingerprint density at radius 1 is 1.18 bits per heavy atom. The maximum Gasteiger partial charge on any atom is 0.222 e. The molecule has 0 unspecified atom stereocenters. The summed E-state index contributed by atoms with van der Waals surface area (Å²) in [7, 11) is 0. The van der Waals surface area contributed by atoms with E-state index in [9.17, 15) is 0 Å². The van der Waals surface area contributed by atoms with E-state index >= 15 is 0 Å². The number of halogens is 1. The van der Waals surface area contributed by atoms with Crippen molar-refractivity contribution in [3.05, 3.63) is 35.2 Å². The summed E-state index contributed by atoms with van der Waals surface area (Å²) in [5.41, 5.74) is 4.05. The molecule has 0 saturated heterocycles. The van der Waals surface area contributed by atoms with Crippen LogP contribution in [-0.2, 0) is 0 Å². The van der Waals surface area contributed by atoms with Gasteiger partial charge in [0.2, 0.25) is 5.28 Å². The summed E-state index contributed by atoms with van der Waals surface area (Å²) < 4.78 is 4.65. The normalized spacial score (nSPS) is 10.9. The van der Waals surface area contributed by atoms with Gasteiger partial charge in [0.15, 0.2) is 0 Å². The molecule has 0 aliphatic heterocycles. The molecule has 84 valence electrons. The molecule has 6 heteroatoms. The second-order valence-electron chi connectivity index (χ2n) is 3.64. The smallest absolute Gasteiger partial charge is 0.222 e. The molecule has 0 saturated carbocycles. The Balaban J connectivity index is 2.22. The van der Waals surface area contributed by atoms with Gasteiger partial charge < -0.3 is 0 Å². The average Bonchev–Trinajstić information content (AvgIpc) is 2.79. The summed E-state index contributed by atoms with van der Waals surface area (Å²) in [4.78, 5) is 8.13. The fourth-order valence-corrected chi connectivity index (χ4v) is 1.78. The van der Waals surface area contributed by atoms with Crippen LogP contribution in [0, 0.1) is 6.92 Å². The van der Waals surface area contributed by atoms with Crippen LogP contribution >= 0.6 is 11.6 Å². The molecule has 0 atom stereocenters. The Morgan fingerprint density at radius 3 is 2.88 bits per heavy atom. The van der Waals surface area contributed by atoms with E-state index in [1.165, 1.54) is 0 Å². The number of aryl methyl sites for hydroxylation is 1. The molecule has 0 aliphatic carbocycles. The average molecular weight is 247 g/mol. The van der Waals surface area contributed by atoms with Crippen LogP contribution in [0.4, 0.5) is 0 Å². The summed E-state index contributed by atoms with van der Waals surface area (Å²) >= 11 is 5.80. The highest BCUT2D eigenvalue weighted by Gasteiger charge is 2.08. The van der Waals surface area contributed by atoms with E-state index in [-0.39, 0.29) is 5.28 Å². The van der Waals surface area contributed by atoms with Gasteiger partial charge in [-0.1, -0.05) is 6.07 Å². The predicted octanol–water partition coefficient (Wildman–Crippen LogP) is 2.64. The molecule has 0 aliphatic rings. The highest BCUT2D eigenvalue weighted by molar-refractivity contribution is 6.28. The van der Waals surface area contributed by atoms with Crippen molar-refractivity contribution in [1.82, 2.24) is 20.3 Å². The standard InChI is InChI=1S/C11H7ClN4O/c1-6-5-13-11(12)14-10(6)7-2-3-8-9(4-7)16-17-15-8/h2-5H,1H3. The van der Waals surface area contributed by atoms with Crippen molar-refractivity contribution in [2.24, 2.45) is 0 Å². The molecule has 0 spiro atoms. The number of hydrogen-bond donors (Lipinski definition) is 0. The van der Waals surface area contributed by atoms with Gasteiger partial charge in [-0.3, -0.25) is 0 Å². The minimum Gasteiger partial charge on any atom is -0.243 e. The minimum absolute atomic E-state index is 0.226. The van der Waals surface area contributed by atoms with Gasteiger partial charge in [-0.15, -0.1) is 0 Å². The Bertz CT molecular complexity index is 695. The van der Waals surface area contributed by atoms with Crippen LogP contribution < -0.4 is 0 Å². The second-order valence-corrected chi connectivity index (χ2v) is 3.98. The highest BCUT2D eigenvalue weighted by Crippen LogP contribution is 2.24. The molecule has 0 radical (unpaired) electrons. The molecule has 0 N–H and O–H groups in total. The number of aromatic nitrogens is 4. The lowest BCUT2D eigenvalue weighted by molar-refractivity contribution is 0.315. The van der Waals surface area contributed by atoms with E-state index in [1.54, 1.807) is 6.20 Å². The molecular formula is C11H7ClN4O. The lowest BCUT2D eigenvalue weighted by atomic mass is 10.1. The first-order chi connectivity index (χ1) is 8.24. The van der Waals surface area contributed by atoms with Crippen LogP contribution in [0.1, 0.15) is 5.56 Å². The van der Waals surface area contributed by atoms with Gasteiger partial charge in [-0.2, -0.15) is 0 Å². The first kappa shape index (κ1) is 10.2. The first-order valence-corrected chi connectivity index (χ1v) is 5.34. The number of hydrogen-bond acceptors (Lipinski definition) is 5. The van der Waals surface area contributed by atoms with E-state index in [1.807, 2.05) is 25.1 Å². The fraction of sp³-hybridized carbons (Fsp3) is 0.0909. The molecule has 2 aromatic heterocycles. The molecular weight excluding hydrogens is 240 g/mol. The highest BCUT2D eigenvalue weighted by atomic mass is 35.5. The molecule has 2 heterocycles. The molecule has 1 aromatic carbocycles. The predicted molar refractivity (Wildman–Crippen MR) is 62.6 cm³/mol. The SMILES string of the molecule is Cc1cnc(Cl)nc1-c1ccc2nonc2c1. The number of nitrogens with zero attached hydrogens (tertiary/aromatic N) is 4. The van der Waals surface area contributed by atoms with Crippen molar-refractivity contribution >= 4 is 22.6 Å². The maximum atomic E-state index is 5.80. The van der Waals surface area contributed by atoms with Crippen molar-refractivity contribution in [2.75, 3.05) is 0 Å². The largest absolute Gasteiger partial charge is 0.243 e. The van der Waals surface area contributed by atoms with Crippen molar-refractivity contribution in [1.29, 1.82) is 0 Å². The van der Waals surface area contributed by atoms with E-state index in [0.717, 1.165) is 16.8 Å². The van der Waals surface area contributed by atoms with Crippen molar-refractivity contribution in [3.8, 4) is 11.3 Å². The molecule has 0 amide bonds. The third-order valence-corrected chi connectivity index (χ3v) is 2.65. The summed E-state index contributed by atoms with van der Waals surface area (Å²) in [6.07, 6.45) is 1.69. The lowest BCUT2D eigenvalue weighted by Gasteiger charge is -2.04. The van der Waals surface area contributed by atoms with Crippen LogP contribution in [0.25, 0.3) is 22.3 Å². The van der Waals surface area contributed by atoms with E-state index in [2.05, 4.69) is 24.9 Å². The third kappa shape index (κ3) is 1.74. The third-order valence-electron chi connectivity index (χ3n) is 2.47. The maximum absolute atomic E-state index is 5.80. The summed E-state index contributed by atoms with van der Waals surface area (Å²) in [5, 5.41) is 7.77. The molecule has 3 rings (SSSR count). The van der Waals surface area contributed by atoms with Crippen molar-refractivity contribution in [2.45, 2.75) is 6.92 Å². The van der Waals surface area contributed by atoms with E-state index in [4.69, 9.17) is 11.6 Å². The first-order valence-electron chi connectivity index (χ1n) is 4.96. The second kappa shape index (κ2) is 3.78. The Labute approximate surface area is 101 Å². The molecule has 17 heavy (non-hydrogen) atoms. The Kier molecular flexibility index (Phi) is 2.26. The molecule has 3 aromatic rings. The van der Waals surface area contributed by atoms with Crippen LogP contribution in [0.3, 0.4) is 0 Å². The number of benzene rings is 1. The monoisotopic (exact) mass is 246 g/mol. The summed E-state index contributed by atoms with van der Waals surface area (Å²) in [5.74, 6) is 0. The van der Waals surface area contributed by atoms with Gasteiger partial charge in [0.25, 0.3) is 0 Å². The number of fused-ring (bicyclic) bond motifs is 1. The molecule has 0 bridgehead atoms. The van der Waals surface area contributed by atoms with E-state index in [0.29, 0.717) is 11.0 Å². The fourth-order valence-electron chi connectivity index (χ4n) is 1.64. The Morgan fingerprint density at radius 2 is 2.00 bits per heavy atom. The van der Waals surface area contributed by atoms with Gasteiger partial charge in [0, 0.05) is 11.8 Å². The zero-order chi connectivity index (χ0) is 11.8. The molecule has 5 nitrogen and oxygen atoms in total. The van der Waals surface area contributed by atoms with E-state index < -0.39 is 0 Å². The van der Waals surface area contributed by atoms with Crippen molar-refractivity contribution < 1.29 is 4.63 Å². The quantitative estimate of drug-likeness (QED) is 0.618. The van der Waals surface area contributed by atoms with Gasteiger partial charge in [0.05, 0.1) is 5.69 Å². The van der Waals surface area contributed by atoms with Crippen LogP contribution in [-0.4, -0.2) is 20.3 Å². The Hall–Kier alpha value is -2.01. The molecule has 0 fully saturated rings. The van der Waals surface area contributed by atoms with Gasteiger partial charge in [-0.25, -0.2) is 14.6 Å². The van der Waals surface area contributed by atoms with Gasteiger partial charge >= 0.3 is 0 Å². The van der Waals surface area contributed by atoms with Crippen LogP contribution in [0.5, 0.6) is 0 Å². The van der Waals surface area contributed by atoms with Crippen LogP contribution in [0.15, 0.2) is 29.0 Å². The zero-order valence-electron chi connectivity index (χ0n) is 8.88. The minimum atomic E-state index is 0.226.